The summed E-state index contributed by atoms with van der Waals surface area (Å²) in [4.78, 5) is 0. The van der Waals surface area contributed by atoms with E-state index in [1.54, 1.807) is 7.11 Å². The van der Waals surface area contributed by atoms with Crippen LogP contribution in [0, 0.1) is 11.3 Å². The third-order valence-corrected chi connectivity index (χ3v) is 3.42. The van der Waals surface area contributed by atoms with Crippen molar-refractivity contribution in [1.29, 1.82) is 0 Å². The quantitative estimate of drug-likeness (QED) is 0.678. The smallest absolute Gasteiger partial charge is 0.0700 e. The maximum Gasteiger partial charge on any atom is 0.0700 e. The molecule has 0 heterocycles. The summed E-state index contributed by atoms with van der Waals surface area (Å²) in [6.07, 6.45) is 2.61. The van der Waals surface area contributed by atoms with Gasteiger partial charge < -0.3 is 14.8 Å². The minimum absolute atomic E-state index is 0.508. The Kier molecular flexibility index (Phi) is 5.73. The molecule has 0 bridgehead atoms. The molecule has 1 fully saturated rings. The molecule has 2 atom stereocenters. The van der Waals surface area contributed by atoms with Crippen molar-refractivity contribution in [2.75, 3.05) is 33.5 Å². The lowest BCUT2D eigenvalue weighted by Crippen LogP contribution is -2.34. The maximum atomic E-state index is 5.43. The summed E-state index contributed by atoms with van der Waals surface area (Å²) < 4.78 is 10.4. The molecule has 0 spiro atoms. The highest BCUT2D eigenvalue weighted by Gasteiger charge is 2.35. The lowest BCUT2D eigenvalue weighted by atomic mass is 9.91. The summed E-state index contributed by atoms with van der Waals surface area (Å²) in [5.74, 6) is 0.786. The van der Waals surface area contributed by atoms with Gasteiger partial charge in [0.15, 0.2) is 0 Å². The van der Waals surface area contributed by atoms with Crippen molar-refractivity contribution in [3.05, 3.63) is 0 Å². The van der Waals surface area contributed by atoms with E-state index in [4.69, 9.17) is 9.47 Å². The summed E-state index contributed by atoms with van der Waals surface area (Å²) in [5, 5.41) is 3.60. The van der Waals surface area contributed by atoms with Crippen molar-refractivity contribution in [2.24, 2.45) is 11.3 Å². The Morgan fingerprint density at radius 2 is 1.94 bits per heavy atom. The number of hydrogen-bond acceptors (Lipinski definition) is 3. The van der Waals surface area contributed by atoms with Crippen molar-refractivity contribution >= 4 is 0 Å². The molecule has 0 amide bonds. The molecule has 0 radical (unpaired) electrons. The van der Waals surface area contributed by atoms with Crippen LogP contribution in [0.15, 0.2) is 0 Å². The van der Waals surface area contributed by atoms with E-state index in [1.807, 2.05) is 0 Å². The molecule has 0 aliphatic heterocycles. The molecular weight excluding hydrogens is 202 g/mol. The molecule has 0 aromatic rings. The molecule has 1 aliphatic carbocycles. The highest BCUT2D eigenvalue weighted by Crippen LogP contribution is 2.40. The molecule has 3 heteroatoms. The van der Waals surface area contributed by atoms with Crippen LogP contribution in [0.1, 0.15) is 33.6 Å². The first-order valence-electron chi connectivity index (χ1n) is 6.35. The van der Waals surface area contributed by atoms with Gasteiger partial charge in [0.2, 0.25) is 0 Å². The molecule has 16 heavy (non-hydrogen) atoms. The van der Waals surface area contributed by atoms with Gasteiger partial charge in [0.1, 0.15) is 0 Å². The molecule has 1 saturated carbocycles. The number of rotatable bonds is 7. The molecule has 1 rings (SSSR count). The molecule has 0 saturated heterocycles. The highest BCUT2D eigenvalue weighted by molar-refractivity contribution is 4.90. The van der Waals surface area contributed by atoms with Crippen LogP contribution in [0.25, 0.3) is 0 Å². The van der Waals surface area contributed by atoms with E-state index < -0.39 is 0 Å². The number of methoxy groups -OCH3 is 1. The van der Waals surface area contributed by atoms with Gasteiger partial charge in [-0.15, -0.1) is 0 Å². The second kappa shape index (κ2) is 6.58. The molecule has 96 valence electrons. The van der Waals surface area contributed by atoms with E-state index in [2.05, 4.69) is 26.1 Å². The van der Waals surface area contributed by atoms with Gasteiger partial charge in [-0.2, -0.15) is 0 Å². The van der Waals surface area contributed by atoms with Gasteiger partial charge in [0.05, 0.1) is 19.8 Å². The first-order chi connectivity index (χ1) is 7.55. The minimum atomic E-state index is 0.508. The van der Waals surface area contributed by atoms with Crippen LogP contribution in [-0.4, -0.2) is 39.5 Å². The van der Waals surface area contributed by atoms with Gasteiger partial charge in [-0.3, -0.25) is 0 Å². The van der Waals surface area contributed by atoms with Crippen LogP contribution in [-0.2, 0) is 9.47 Å². The third-order valence-electron chi connectivity index (χ3n) is 3.42. The van der Waals surface area contributed by atoms with Crippen LogP contribution in [0.3, 0.4) is 0 Å². The fraction of sp³-hybridized carbons (Fsp3) is 1.00. The fourth-order valence-corrected chi connectivity index (χ4v) is 2.73. The monoisotopic (exact) mass is 229 g/mol. The van der Waals surface area contributed by atoms with Gasteiger partial charge in [0, 0.05) is 19.7 Å². The Morgan fingerprint density at radius 1 is 1.19 bits per heavy atom. The summed E-state index contributed by atoms with van der Waals surface area (Å²) in [6.45, 7) is 10.2. The predicted molar refractivity (Wildman–Crippen MR) is 66.7 cm³/mol. The average Bonchev–Trinajstić information content (AvgIpc) is 2.45. The van der Waals surface area contributed by atoms with E-state index in [1.165, 1.54) is 12.8 Å². The van der Waals surface area contributed by atoms with E-state index in [0.717, 1.165) is 19.1 Å². The van der Waals surface area contributed by atoms with Crippen molar-refractivity contribution in [2.45, 2.75) is 39.7 Å². The Bertz CT molecular complexity index is 194. The van der Waals surface area contributed by atoms with E-state index in [9.17, 15) is 0 Å². The molecule has 0 aromatic heterocycles. The Balaban J connectivity index is 2.05. The van der Waals surface area contributed by atoms with Crippen LogP contribution < -0.4 is 5.32 Å². The Morgan fingerprint density at radius 3 is 2.50 bits per heavy atom. The SMILES string of the molecule is COCCOCCN[C@H]1CC(C)(C)C[C@H]1C. The maximum absolute atomic E-state index is 5.43. The second-order valence-corrected chi connectivity index (χ2v) is 5.72. The number of ether oxygens (including phenoxy) is 2. The van der Waals surface area contributed by atoms with E-state index >= 15 is 0 Å². The number of nitrogens with one attached hydrogen (secondary N) is 1. The van der Waals surface area contributed by atoms with Crippen molar-refractivity contribution in [3.63, 3.8) is 0 Å². The normalized spacial score (nSPS) is 28.5. The zero-order valence-electron chi connectivity index (χ0n) is 11.2. The average molecular weight is 229 g/mol. The summed E-state index contributed by atoms with van der Waals surface area (Å²) in [6, 6.07) is 0.668. The van der Waals surface area contributed by atoms with Crippen LogP contribution in [0.2, 0.25) is 0 Å². The standard InChI is InChI=1S/C13H27NO2/c1-11-9-13(2,3)10-12(11)14-5-6-16-8-7-15-4/h11-12,14H,5-10H2,1-4H3/t11-,12+/m1/s1. The summed E-state index contributed by atoms with van der Waals surface area (Å²) in [5.41, 5.74) is 0.508. The summed E-state index contributed by atoms with van der Waals surface area (Å²) in [7, 11) is 1.70. The Labute approximate surface area is 99.9 Å². The minimum Gasteiger partial charge on any atom is -0.382 e. The molecule has 3 nitrogen and oxygen atoms in total. The van der Waals surface area contributed by atoms with Gasteiger partial charge in [-0.1, -0.05) is 20.8 Å². The second-order valence-electron chi connectivity index (χ2n) is 5.72. The van der Waals surface area contributed by atoms with Gasteiger partial charge >= 0.3 is 0 Å². The molecule has 0 aromatic carbocycles. The van der Waals surface area contributed by atoms with E-state index in [-0.39, 0.29) is 0 Å². The van der Waals surface area contributed by atoms with Crippen LogP contribution >= 0.6 is 0 Å². The van der Waals surface area contributed by atoms with Gasteiger partial charge in [-0.05, 0) is 24.2 Å². The Hall–Kier alpha value is -0.120. The first-order valence-corrected chi connectivity index (χ1v) is 6.35. The van der Waals surface area contributed by atoms with Crippen molar-refractivity contribution < 1.29 is 9.47 Å². The highest BCUT2D eigenvalue weighted by atomic mass is 16.5. The topological polar surface area (TPSA) is 30.5 Å². The lowest BCUT2D eigenvalue weighted by Gasteiger charge is -2.18. The lowest BCUT2D eigenvalue weighted by molar-refractivity contribution is 0.0706. The third kappa shape index (κ3) is 4.81. The van der Waals surface area contributed by atoms with Crippen LogP contribution in [0.4, 0.5) is 0 Å². The molecular formula is C13H27NO2. The molecule has 1 N–H and O–H groups in total. The van der Waals surface area contributed by atoms with Gasteiger partial charge in [0.25, 0.3) is 0 Å². The summed E-state index contributed by atoms with van der Waals surface area (Å²) >= 11 is 0. The zero-order valence-corrected chi connectivity index (χ0v) is 11.2. The van der Waals surface area contributed by atoms with Crippen molar-refractivity contribution in [3.8, 4) is 0 Å². The molecule has 0 unspecified atom stereocenters. The number of hydrogen-bond donors (Lipinski definition) is 1. The predicted octanol–water partition coefficient (Wildman–Crippen LogP) is 2.06. The largest absolute Gasteiger partial charge is 0.382 e. The first kappa shape index (κ1) is 13.9. The van der Waals surface area contributed by atoms with Crippen molar-refractivity contribution in [1.82, 2.24) is 5.32 Å². The van der Waals surface area contributed by atoms with E-state index in [0.29, 0.717) is 24.7 Å². The van der Waals surface area contributed by atoms with Crippen LogP contribution in [0.5, 0.6) is 0 Å². The fourth-order valence-electron chi connectivity index (χ4n) is 2.73. The zero-order chi connectivity index (χ0) is 12.0. The van der Waals surface area contributed by atoms with Gasteiger partial charge in [-0.25, -0.2) is 0 Å². The molecule has 1 aliphatic rings.